The summed E-state index contributed by atoms with van der Waals surface area (Å²) in [5, 5.41) is 7.85. The van der Waals surface area contributed by atoms with Crippen molar-refractivity contribution >= 4 is 0 Å². The zero-order valence-electron chi connectivity index (χ0n) is 10.2. The van der Waals surface area contributed by atoms with Crippen molar-refractivity contribution in [2.24, 2.45) is 12.5 Å². The molecule has 0 radical (unpaired) electrons. The highest BCUT2D eigenvalue weighted by atomic mass is 15.3. The van der Waals surface area contributed by atoms with E-state index in [1.54, 1.807) is 0 Å². The van der Waals surface area contributed by atoms with E-state index in [0.29, 0.717) is 11.5 Å². The summed E-state index contributed by atoms with van der Waals surface area (Å²) in [5.41, 5.74) is 3.13. The van der Waals surface area contributed by atoms with Crippen LogP contribution in [0, 0.1) is 12.3 Å². The van der Waals surface area contributed by atoms with Crippen LogP contribution >= 0.6 is 0 Å². The standard InChI is InChI=1S/C12H21N3/c1-9-11(8-14-15(9)4)7-13-10(2)12(3)5-6-12/h8,10,13H,5-7H2,1-4H3. The molecule has 1 heterocycles. The molecule has 1 atom stereocenters. The van der Waals surface area contributed by atoms with Gasteiger partial charge in [-0.15, -0.1) is 0 Å². The molecule has 2 rings (SSSR count). The van der Waals surface area contributed by atoms with Crippen LogP contribution in [0.15, 0.2) is 6.20 Å². The van der Waals surface area contributed by atoms with E-state index in [2.05, 4.69) is 31.2 Å². The minimum atomic E-state index is 0.552. The van der Waals surface area contributed by atoms with Gasteiger partial charge < -0.3 is 5.32 Å². The quantitative estimate of drug-likeness (QED) is 0.818. The lowest BCUT2D eigenvalue weighted by Crippen LogP contribution is -2.32. The lowest BCUT2D eigenvalue weighted by molar-refractivity contribution is 0.379. The van der Waals surface area contributed by atoms with Crippen molar-refractivity contribution in [1.82, 2.24) is 15.1 Å². The molecule has 84 valence electrons. The molecule has 15 heavy (non-hydrogen) atoms. The van der Waals surface area contributed by atoms with Gasteiger partial charge in [0.2, 0.25) is 0 Å². The first kappa shape index (κ1) is 10.7. The van der Waals surface area contributed by atoms with E-state index >= 15 is 0 Å². The molecule has 1 unspecified atom stereocenters. The van der Waals surface area contributed by atoms with Crippen LogP contribution in [0.1, 0.15) is 37.9 Å². The number of nitrogens with one attached hydrogen (secondary N) is 1. The van der Waals surface area contributed by atoms with Crippen LogP contribution in [-0.4, -0.2) is 15.8 Å². The van der Waals surface area contributed by atoms with Gasteiger partial charge in [-0.05, 0) is 32.1 Å². The van der Waals surface area contributed by atoms with Crippen molar-refractivity contribution in [1.29, 1.82) is 0 Å². The first-order valence-electron chi connectivity index (χ1n) is 5.74. The molecule has 3 nitrogen and oxygen atoms in total. The first-order chi connectivity index (χ1) is 7.03. The number of nitrogens with zero attached hydrogens (tertiary/aromatic N) is 2. The van der Waals surface area contributed by atoms with Gasteiger partial charge in [-0.2, -0.15) is 5.10 Å². The largest absolute Gasteiger partial charge is 0.310 e. The molecule has 1 aliphatic carbocycles. The predicted molar refractivity (Wildman–Crippen MR) is 61.6 cm³/mol. The molecular weight excluding hydrogens is 186 g/mol. The molecule has 0 spiro atoms. The van der Waals surface area contributed by atoms with Gasteiger partial charge in [-0.3, -0.25) is 4.68 Å². The van der Waals surface area contributed by atoms with Gasteiger partial charge in [0, 0.05) is 30.9 Å². The SMILES string of the molecule is Cc1c(CNC(C)C2(C)CC2)cnn1C. The fraction of sp³-hybridized carbons (Fsp3) is 0.750. The molecule has 0 aliphatic heterocycles. The van der Waals surface area contributed by atoms with Crippen LogP contribution < -0.4 is 5.32 Å². The molecule has 3 heteroatoms. The highest BCUT2D eigenvalue weighted by Gasteiger charge is 2.42. The minimum Gasteiger partial charge on any atom is -0.310 e. The Morgan fingerprint density at radius 1 is 1.60 bits per heavy atom. The molecule has 0 bridgehead atoms. The number of aryl methyl sites for hydroxylation is 1. The lowest BCUT2D eigenvalue weighted by atomic mass is 10.0. The molecule has 1 aromatic rings. The summed E-state index contributed by atoms with van der Waals surface area (Å²) < 4.78 is 1.93. The van der Waals surface area contributed by atoms with Crippen molar-refractivity contribution in [2.75, 3.05) is 0 Å². The zero-order chi connectivity index (χ0) is 11.1. The zero-order valence-corrected chi connectivity index (χ0v) is 10.2. The predicted octanol–water partition coefficient (Wildman–Crippen LogP) is 2.01. The second-order valence-corrected chi connectivity index (χ2v) is 5.14. The highest BCUT2D eigenvalue weighted by molar-refractivity contribution is 5.15. The summed E-state index contributed by atoms with van der Waals surface area (Å²) in [6, 6.07) is 0.608. The van der Waals surface area contributed by atoms with Crippen LogP contribution in [0.25, 0.3) is 0 Å². The van der Waals surface area contributed by atoms with Crippen LogP contribution in [0.5, 0.6) is 0 Å². The van der Waals surface area contributed by atoms with Crippen molar-refractivity contribution in [3.8, 4) is 0 Å². The Labute approximate surface area is 91.9 Å². The average Bonchev–Trinajstić information content (AvgIpc) is 2.88. The summed E-state index contributed by atoms with van der Waals surface area (Å²) in [7, 11) is 1.99. The van der Waals surface area contributed by atoms with Crippen molar-refractivity contribution in [2.45, 2.75) is 46.2 Å². The van der Waals surface area contributed by atoms with E-state index in [1.165, 1.54) is 24.1 Å². The van der Waals surface area contributed by atoms with Crippen LogP contribution in [0.3, 0.4) is 0 Å². The molecule has 1 saturated carbocycles. The maximum absolute atomic E-state index is 4.25. The fourth-order valence-corrected chi connectivity index (χ4v) is 1.86. The Morgan fingerprint density at radius 3 is 2.73 bits per heavy atom. The van der Waals surface area contributed by atoms with Gasteiger partial charge >= 0.3 is 0 Å². The van der Waals surface area contributed by atoms with E-state index in [-0.39, 0.29) is 0 Å². The van der Waals surface area contributed by atoms with Gasteiger partial charge in [0.05, 0.1) is 6.20 Å². The summed E-state index contributed by atoms with van der Waals surface area (Å²) in [5.74, 6) is 0. The Balaban J connectivity index is 1.90. The Kier molecular flexibility index (Phi) is 2.59. The Bertz CT molecular complexity index is 350. The van der Waals surface area contributed by atoms with Gasteiger partial charge in [-0.25, -0.2) is 0 Å². The molecular formula is C12H21N3. The molecule has 1 aliphatic rings. The van der Waals surface area contributed by atoms with Gasteiger partial charge in [-0.1, -0.05) is 6.92 Å². The van der Waals surface area contributed by atoms with E-state index in [0.717, 1.165) is 6.54 Å². The number of rotatable bonds is 4. The second-order valence-electron chi connectivity index (χ2n) is 5.14. The third kappa shape index (κ3) is 2.07. The molecule has 0 saturated heterocycles. The van der Waals surface area contributed by atoms with E-state index in [1.807, 2.05) is 17.9 Å². The van der Waals surface area contributed by atoms with Crippen LogP contribution in [0.4, 0.5) is 0 Å². The summed E-state index contributed by atoms with van der Waals surface area (Å²) in [4.78, 5) is 0. The number of hydrogen-bond donors (Lipinski definition) is 1. The van der Waals surface area contributed by atoms with Gasteiger partial charge in [0.25, 0.3) is 0 Å². The van der Waals surface area contributed by atoms with Crippen molar-refractivity contribution < 1.29 is 0 Å². The van der Waals surface area contributed by atoms with Gasteiger partial charge in [0.15, 0.2) is 0 Å². The van der Waals surface area contributed by atoms with Crippen molar-refractivity contribution in [3.05, 3.63) is 17.5 Å². The van der Waals surface area contributed by atoms with E-state index < -0.39 is 0 Å². The van der Waals surface area contributed by atoms with E-state index in [4.69, 9.17) is 0 Å². The maximum Gasteiger partial charge on any atom is 0.0537 e. The summed E-state index contributed by atoms with van der Waals surface area (Å²) >= 11 is 0. The van der Waals surface area contributed by atoms with Crippen LogP contribution in [0.2, 0.25) is 0 Å². The van der Waals surface area contributed by atoms with E-state index in [9.17, 15) is 0 Å². The van der Waals surface area contributed by atoms with Gasteiger partial charge in [0.1, 0.15) is 0 Å². The van der Waals surface area contributed by atoms with Crippen LogP contribution in [-0.2, 0) is 13.6 Å². The lowest BCUT2D eigenvalue weighted by Gasteiger charge is -2.20. The maximum atomic E-state index is 4.25. The molecule has 1 N–H and O–H groups in total. The Morgan fingerprint density at radius 2 is 2.27 bits per heavy atom. The molecule has 0 amide bonds. The molecule has 1 fully saturated rings. The molecule has 0 aromatic carbocycles. The monoisotopic (exact) mass is 207 g/mol. The second kappa shape index (κ2) is 3.63. The normalized spacial score (nSPS) is 20.3. The topological polar surface area (TPSA) is 29.9 Å². The molecule has 1 aromatic heterocycles. The number of aromatic nitrogens is 2. The summed E-state index contributed by atoms with van der Waals surface area (Å²) in [6.07, 6.45) is 4.70. The highest BCUT2D eigenvalue weighted by Crippen LogP contribution is 2.47. The van der Waals surface area contributed by atoms with Crippen molar-refractivity contribution in [3.63, 3.8) is 0 Å². The first-order valence-corrected chi connectivity index (χ1v) is 5.74. The third-order valence-corrected chi connectivity index (χ3v) is 4.02. The summed E-state index contributed by atoms with van der Waals surface area (Å²) in [6.45, 7) is 7.71. The fourth-order valence-electron chi connectivity index (χ4n) is 1.86. The Hall–Kier alpha value is -0.830. The number of hydrogen-bond acceptors (Lipinski definition) is 2. The minimum absolute atomic E-state index is 0.552. The third-order valence-electron chi connectivity index (χ3n) is 4.02. The average molecular weight is 207 g/mol. The smallest absolute Gasteiger partial charge is 0.0537 e.